The minimum atomic E-state index is -4.00. The van der Waals surface area contributed by atoms with Gasteiger partial charge in [-0.3, -0.25) is 4.79 Å². The molecule has 1 amide bonds. The molecule has 29 heavy (non-hydrogen) atoms. The van der Waals surface area contributed by atoms with E-state index in [4.69, 9.17) is 0 Å². The van der Waals surface area contributed by atoms with Crippen molar-refractivity contribution >= 4 is 32.8 Å². The predicted octanol–water partition coefficient (Wildman–Crippen LogP) is 4.17. The molecule has 2 rings (SSSR count). The maximum absolute atomic E-state index is 14.4. The molecular formula is C20H27FN2O4S2. The molecule has 1 heterocycles. The highest BCUT2D eigenvalue weighted by Gasteiger charge is 2.28. The summed E-state index contributed by atoms with van der Waals surface area (Å²) in [6.07, 6.45) is 1.29. The Morgan fingerprint density at radius 2 is 1.86 bits per heavy atom. The molecule has 0 bridgehead atoms. The Hall–Kier alpha value is -1.84. The second-order valence-corrected chi connectivity index (χ2v) is 11.3. The molecule has 0 unspecified atom stereocenters. The molecule has 1 aromatic carbocycles. The van der Waals surface area contributed by atoms with Crippen molar-refractivity contribution in [3.05, 3.63) is 40.2 Å². The van der Waals surface area contributed by atoms with Crippen molar-refractivity contribution in [2.24, 2.45) is 0 Å². The molecule has 9 heteroatoms. The van der Waals surface area contributed by atoms with Gasteiger partial charge in [0.1, 0.15) is 11.6 Å². The van der Waals surface area contributed by atoms with Gasteiger partial charge in [0, 0.05) is 11.8 Å². The summed E-state index contributed by atoms with van der Waals surface area (Å²) in [6, 6.07) is 2.97. The zero-order chi connectivity index (χ0) is 22.1. The van der Waals surface area contributed by atoms with Crippen molar-refractivity contribution < 1.29 is 22.7 Å². The first kappa shape index (κ1) is 23.4. The smallest absolute Gasteiger partial charge is 0.240 e. The molecule has 6 nitrogen and oxygen atoms in total. The van der Waals surface area contributed by atoms with Crippen LogP contribution in [0.1, 0.15) is 69.4 Å². The molecule has 2 aromatic rings. The quantitative estimate of drug-likeness (QED) is 0.671. The van der Waals surface area contributed by atoms with Crippen LogP contribution in [0.3, 0.4) is 0 Å². The van der Waals surface area contributed by atoms with Gasteiger partial charge in [-0.05, 0) is 37.3 Å². The van der Waals surface area contributed by atoms with E-state index in [2.05, 4.69) is 10.3 Å². The van der Waals surface area contributed by atoms with E-state index in [0.717, 1.165) is 16.9 Å². The molecule has 0 aliphatic rings. The average Bonchev–Trinajstić information content (AvgIpc) is 3.04. The monoisotopic (exact) mass is 442 g/mol. The fourth-order valence-corrected chi connectivity index (χ4v) is 5.25. The first-order valence-electron chi connectivity index (χ1n) is 9.27. The number of carbonyl (C=O) groups is 1. The number of carbonyl (C=O) groups excluding carboxylic acids is 1. The lowest BCUT2D eigenvalue weighted by Crippen LogP contribution is -2.25. The Labute approximate surface area is 175 Å². The predicted molar refractivity (Wildman–Crippen MR) is 113 cm³/mol. The van der Waals surface area contributed by atoms with Crippen molar-refractivity contribution in [3.63, 3.8) is 0 Å². The largest absolute Gasteiger partial charge is 0.385 e. The number of nitrogens with zero attached hydrogens (tertiary/aromatic N) is 1. The fourth-order valence-electron chi connectivity index (χ4n) is 2.89. The van der Waals surface area contributed by atoms with E-state index in [1.807, 2.05) is 27.7 Å². The lowest BCUT2D eigenvalue weighted by Gasteiger charge is -2.20. The molecular weight excluding hydrogens is 415 g/mol. The summed E-state index contributed by atoms with van der Waals surface area (Å²) in [6.45, 7) is 10.5. The van der Waals surface area contributed by atoms with E-state index < -0.39 is 32.9 Å². The van der Waals surface area contributed by atoms with E-state index in [0.29, 0.717) is 16.1 Å². The van der Waals surface area contributed by atoms with Crippen LogP contribution in [-0.2, 0) is 20.2 Å². The second-order valence-electron chi connectivity index (χ2n) is 8.09. The number of sulfone groups is 1. The van der Waals surface area contributed by atoms with Gasteiger partial charge < -0.3 is 10.4 Å². The highest BCUT2D eigenvalue weighted by molar-refractivity contribution is 7.94. The molecule has 0 saturated carbocycles. The number of aliphatic hydroxyl groups is 1. The minimum absolute atomic E-state index is 0.00770. The maximum atomic E-state index is 14.4. The number of aromatic nitrogens is 1. The topological polar surface area (TPSA) is 96.4 Å². The third kappa shape index (κ3) is 5.40. The van der Waals surface area contributed by atoms with Crippen molar-refractivity contribution in [3.8, 4) is 0 Å². The van der Waals surface area contributed by atoms with Crippen LogP contribution in [0.2, 0.25) is 0 Å². The molecule has 0 atom stereocenters. The summed E-state index contributed by atoms with van der Waals surface area (Å²) >= 11 is 0.825. The van der Waals surface area contributed by atoms with Crippen LogP contribution in [0.5, 0.6) is 0 Å². The van der Waals surface area contributed by atoms with Gasteiger partial charge in [0.05, 0.1) is 16.2 Å². The highest BCUT2D eigenvalue weighted by Crippen LogP contribution is 2.35. The summed E-state index contributed by atoms with van der Waals surface area (Å²) in [5.74, 6) is -2.23. The van der Waals surface area contributed by atoms with Gasteiger partial charge in [0.2, 0.25) is 20.1 Å². The Balaban J connectivity index is 2.33. The van der Waals surface area contributed by atoms with Crippen LogP contribution in [0.25, 0.3) is 0 Å². The fraction of sp³-hybridized carbons (Fsp3) is 0.500. The molecule has 0 aliphatic heterocycles. The third-order valence-corrected chi connectivity index (χ3v) is 7.76. The van der Waals surface area contributed by atoms with Crippen molar-refractivity contribution in [2.75, 3.05) is 11.1 Å². The maximum Gasteiger partial charge on any atom is 0.240 e. The standard InChI is InChI=1S/C20H27FN2O4S2/c1-11(2)13-7-8-14(21)17(12(3)4)18(13)23-16(24)10-29(26,27)19-22-9-15(28-19)20(5,6)25/h7-9,11-12,25H,10H2,1-6H3,(H,23,24). The molecule has 0 spiro atoms. The second kappa shape index (κ2) is 8.49. The van der Waals surface area contributed by atoms with Gasteiger partial charge in [-0.1, -0.05) is 33.8 Å². The Bertz CT molecular complexity index is 1010. The van der Waals surface area contributed by atoms with Gasteiger partial charge >= 0.3 is 0 Å². The Morgan fingerprint density at radius 3 is 2.34 bits per heavy atom. The number of rotatable bonds is 7. The summed E-state index contributed by atoms with van der Waals surface area (Å²) in [7, 11) is -4.00. The van der Waals surface area contributed by atoms with Crippen molar-refractivity contribution in [2.45, 2.75) is 63.3 Å². The first-order chi connectivity index (χ1) is 13.2. The zero-order valence-corrected chi connectivity index (χ0v) is 19.0. The lowest BCUT2D eigenvalue weighted by molar-refractivity contribution is -0.113. The summed E-state index contributed by atoms with van der Waals surface area (Å²) < 4.78 is 39.4. The van der Waals surface area contributed by atoms with E-state index in [1.54, 1.807) is 6.07 Å². The number of thiazole rings is 1. The van der Waals surface area contributed by atoms with E-state index in [1.165, 1.54) is 26.1 Å². The molecule has 0 aliphatic carbocycles. The van der Waals surface area contributed by atoms with Gasteiger partial charge in [-0.2, -0.15) is 0 Å². The summed E-state index contributed by atoms with van der Waals surface area (Å²) in [4.78, 5) is 16.8. The number of amides is 1. The number of halogens is 1. The number of hydrogen-bond acceptors (Lipinski definition) is 6. The van der Waals surface area contributed by atoms with Gasteiger partial charge in [0.25, 0.3) is 0 Å². The number of anilines is 1. The molecule has 160 valence electrons. The summed E-state index contributed by atoms with van der Waals surface area (Å²) in [5.41, 5.74) is 0.180. The minimum Gasteiger partial charge on any atom is -0.385 e. The summed E-state index contributed by atoms with van der Waals surface area (Å²) in [5, 5.41) is 12.6. The van der Waals surface area contributed by atoms with Crippen molar-refractivity contribution in [1.82, 2.24) is 4.98 Å². The number of nitrogens with one attached hydrogen (secondary N) is 1. The van der Waals surface area contributed by atoms with E-state index in [-0.39, 0.29) is 16.2 Å². The molecule has 0 radical (unpaired) electrons. The SMILES string of the molecule is CC(C)c1ccc(F)c(C(C)C)c1NC(=O)CS(=O)(=O)c1ncc(C(C)(C)O)s1. The van der Waals surface area contributed by atoms with Gasteiger partial charge in [-0.15, -0.1) is 11.3 Å². The molecule has 2 N–H and O–H groups in total. The first-order valence-corrected chi connectivity index (χ1v) is 11.7. The van der Waals surface area contributed by atoms with Crippen molar-refractivity contribution in [1.29, 1.82) is 0 Å². The zero-order valence-electron chi connectivity index (χ0n) is 17.4. The van der Waals surface area contributed by atoms with Gasteiger partial charge in [-0.25, -0.2) is 17.8 Å². The number of benzene rings is 1. The van der Waals surface area contributed by atoms with Crippen LogP contribution in [0, 0.1) is 5.82 Å². The van der Waals surface area contributed by atoms with Crippen LogP contribution >= 0.6 is 11.3 Å². The van der Waals surface area contributed by atoms with E-state index in [9.17, 15) is 22.7 Å². The average molecular weight is 443 g/mol. The lowest BCUT2D eigenvalue weighted by atomic mass is 9.92. The Kier molecular flexibility index (Phi) is 6.86. The van der Waals surface area contributed by atoms with Gasteiger partial charge in [0.15, 0.2) is 0 Å². The van der Waals surface area contributed by atoms with Crippen LogP contribution in [0.4, 0.5) is 10.1 Å². The van der Waals surface area contributed by atoms with Crippen LogP contribution in [0.15, 0.2) is 22.7 Å². The molecule has 0 saturated heterocycles. The third-order valence-electron chi connectivity index (χ3n) is 4.36. The highest BCUT2D eigenvalue weighted by atomic mass is 32.2. The Morgan fingerprint density at radius 1 is 1.24 bits per heavy atom. The molecule has 1 aromatic heterocycles. The molecule has 0 fully saturated rings. The van der Waals surface area contributed by atoms with Crippen LogP contribution < -0.4 is 5.32 Å². The number of hydrogen-bond donors (Lipinski definition) is 2. The van der Waals surface area contributed by atoms with Crippen LogP contribution in [-0.4, -0.2) is 30.2 Å². The van der Waals surface area contributed by atoms with E-state index >= 15 is 0 Å². The normalized spacial score (nSPS) is 12.6.